The molecule has 0 unspecified atom stereocenters. The SMILES string of the molecule is O=C(CN1C[C@@H](O)[C@H](Oc2ccc(C(=O)O)cc2)C1)Nc1ccc(OC(F)F)cc1. The normalized spacial score (nSPS) is 18.9. The number of ether oxygens (including phenoxy) is 2. The Bertz CT molecular complexity index is 876. The molecule has 2 aromatic carbocycles. The number of β-amino-alcohol motifs (C(OH)–C–C–N with tert-alkyl or cyclic N) is 1. The number of nitrogens with zero attached hydrogens (tertiary/aromatic N) is 1. The molecule has 0 aromatic heterocycles. The van der Waals surface area contributed by atoms with E-state index < -0.39 is 24.8 Å². The molecule has 160 valence electrons. The van der Waals surface area contributed by atoms with E-state index in [0.29, 0.717) is 18.0 Å². The van der Waals surface area contributed by atoms with Crippen molar-refractivity contribution in [2.75, 3.05) is 25.0 Å². The van der Waals surface area contributed by atoms with Crippen LogP contribution in [-0.4, -0.2) is 65.4 Å². The van der Waals surface area contributed by atoms with Crippen molar-refractivity contribution < 1.29 is 38.1 Å². The van der Waals surface area contributed by atoms with Gasteiger partial charge < -0.3 is 25.0 Å². The zero-order chi connectivity index (χ0) is 21.7. The van der Waals surface area contributed by atoms with Gasteiger partial charge in [0.2, 0.25) is 5.91 Å². The monoisotopic (exact) mass is 422 g/mol. The number of hydrogen-bond acceptors (Lipinski definition) is 6. The van der Waals surface area contributed by atoms with Crippen LogP contribution in [0.3, 0.4) is 0 Å². The summed E-state index contributed by atoms with van der Waals surface area (Å²) in [6, 6.07) is 11.4. The second-order valence-corrected chi connectivity index (χ2v) is 6.70. The molecule has 2 aromatic rings. The van der Waals surface area contributed by atoms with Crippen molar-refractivity contribution in [3.05, 3.63) is 54.1 Å². The van der Waals surface area contributed by atoms with E-state index in [1.165, 1.54) is 48.5 Å². The Morgan fingerprint density at radius 2 is 1.70 bits per heavy atom. The summed E-state index contributed by atoms with van der Waals surface area (Å²) in [4.78, 5) is 24.8. The number of aromatic carboxylic acids is 1. The Labute approximate surface area is 170 Å². The second-order valence-electron chi connectivity index (χ2n) is 6.70. The predicted octanol–water partition coefficient (Wildman–Crippen LogP) is 2.05. The smallest absolute Gasteiger partial charge is 0.387 e. The third-order valence-electron chi connectivity index (χ3n) is 4.43. The number of hydrogen-bond donors (Lipinski definition) is 3. The number of carbonyl (C=O) groups excluding carboxylic acids is 1. The molecular weight excluding hydrogens is 402 g/mol. The summed E-state index contributed by atoms with van der Waals surface area (Å²) in [6.45, 7) is -2.38. The van der Waals surface area contributed by atoms with E-state index in [9.17, 15) is 23.5 Å². The topological polar surface area (TPSA) is 108 Å². The Kier molecular flexibility index (Phi) is 6.80. The Morgan fingerprint density at radius 1 is 1.07 bits per heavy atom. The number of aliphatic hydroxyl groups excluding tert-OH is 1. The van der Waals surface area contributed by atoms with E-state index in [4.69, 9.17) is 9.84 Å². The zero-order valence-corrected chi connectivity index (χ0v) is 15.7. The van der Waals surface area contributed by atoms with Gasteiger partial charge in [-0.2, -0.15) is 8.78 Å². The van der Waals surface area contributed by atoms with Gasteiger partial charge in [0.05, 0.1) is 12.1 Å². The average Bonchev–Trinajstić information content (AvgIpc) is 3.02. The highest BCUT2D eigenvalue weighted by Crippen LogP contribution is 2.21. The van der Waals surface area contributed by atoms with Crippen LogP contribution >= 0.6 is 0 Å². The highest BCUT2D eigenvalue weighted by molar-refractivity contribution is 5.92. The maximum Gasteiger partial charge on any atom is 0.387 e. The fraction of sp³-hybridized carbons (Fsp3) is 0.300. The molecule has 1 aliphatic rings. The first kappa shape index (κ1) is 21.5. The molecule has 3 N–H and O–H groups in total. The van der Waals surface area contributed by atoms with Crippen LogP contribution in [0.15, 0.2) is 48.5 Å². The quantitative estimate of drug-likeness (QED) is 0.598. The van der Waals surface area contributed by atoms with Crippen LogP contribution in [0.4, 0.5) is 14.5 Å². The fourth-order valence-corrected chi connectivity index (χ4v) is 3.05. The molecule has 0 aliphatic carbocycles. The molecule has 1 fully saturated rings. The van der Waals surface area contributed by atoms with Gasteiger partial charge in [-0.1, -0.05) is 0 Å². The van der Waals surface area contributed by atoms with E-state index >= 15 is 0 Å². The first-order valence-corrected chi connectivity index (χ1v) is 9.05. The molecule has 0 saturated carbocycles. The number of carboxylic acid groups (broad SMARTS) is 1. The fourth-order valence-electron chi connectivity index (χ4n) is 3.05. The number of rotatable bonds is 8. The summed E-state index contributed by atoms with van der Waals surface area (Å²) >= 11 is 0. The van der Waals surface area contributed by atoms with Gasteiger partial charge in [0.1, 0.15) is 23.7 Å². The van der Waals surface area contributed by atoms with Crippen molar-refractivity contribution in [2.24, 2.45) is 0 Å². The van der Waals surface area contributed by atoms with Gasteiger partial charge in [-0.25, -0.2) is 4.79 Å². The lowest BCUT2D eigenvalue weighted by molar-refractivity contribution is -0.117. The molecule has 1 heterocycles. The molecule has 30 heavy (non-hydrogen) atoms. The van der Waals surface area contributed by atoms with Gasteiger partial charge in [0, 0.05) is 18.8 Å². The van der Waals surface area contributed by atoms with Gasteiger partial charge in [-0.15, -0.1) is 0 Å². The van der Waals surface area contributed by atoms with Crippen LogP contribution in [0.5, 0.6) is 11.5 Å². The Morgan fingerprint density at radius 3 is 2.30 bits per heavy atom. The van der Waals surface area contributed by atoms with E-state index in [2.05, 4.69) is 10.1 Å². The van der Waals surface area contributed by atoms with Gasteiger partial charge in [-0.05, 0) is 48.5 Å². The number of anilines is 1. The van der Waals surface area contributed by atoms with Gasteiger partial charge in [-0.3, -0.25) is 9.69 Å². The van der Waals surface area contributed by atoms with Crippen molar-refractivity contribution in [3.63, 3.8) is 0 Å². The van der Waals surface area contributed by atoms with Gasteiger partial charge >= 0.3 is 12.6 Å². The molecular formula is C20H20F2N2O6. The summed E-state index contributed by atoms with van der Waals surface area (Å²) in [7, 11) is 0. The number of likely N-dealkylation sites (tertiary alicyclic amines) is 1. The molecule has 0 radical (unpaired) electrons. The highest BCUT2D eigenvalue weighted by Gasteiger charge is 2.34. The molecule has 1 amide bonds. The van der Waals surface area contributed by atoms with Crippen LogP contribution < -0.4 is 14.8 Å². The zero-order valence-electron chi connectivity index (χ0n) is 15.7. The molecule has 3 rings (SSSR count). The summed E-state index contributed by atoms with van der Waals surface area (Å²) < 4.78 is 34.3. The third kappa shape index (κ3) is 5.88. The lowest BCUT2D eigenvalue weighted by Gasteiger charge is -2.17. The summed E-state index contributed by atoms with van der Waals surface area (Å²) in [5.74, 6) is -0.976. The van der Waals surface area contributed by atoms with E-state index in [0.717, 1.165) is 0 Å². The summed E-state index contributed by atoms with van der Waals surface area (Å²) in [6.07, 6.45) is -1.39. The molecule has 1 aliphatic heterocycles. The van der Waals surface area contributed by atoms with Crippen molar-refractivity contribution in [2.45, 2.75) is 18.8 Å². The maximum absolute atomic E-state index is 12.2. The summed E-state index contributed by atoms with van der Waals surface area (Å²) in [5.41, 5.74) is 0.550. The standard InChI is InChI=1S/C20H20F2N2O6/c21-20(22)30-15-7-3-13(4-8-15)23-18(26)11-24-9-16(25)17(10-24)29-14-5-1-12(2-6-14)19(27)28/h1-8,16-17,20,25H,9-11H2,(H,23,26)(H,27,28)/t16-,17-/m1/s1. The van der Waals surface area contributed by atoms with Crippen LogP contribution in [-0.2, 0) is 4.79 Å². The van der Waals surface area contributed by atoms with Gasteiger partial charge in [0.15, 0.2) is 0 Å². The lowest BCUT2D eigenvalue weighted by atomic mass is 10.2. The molecule has 8 nitrogen and oxygen atoms in total. The number of aliphatic hydroxyl groups is 1. The number of alkyl halides is 2. The predicted molar refractivity (Wildman–Crippen MR) is 102 cm³/mol. The average molecular weight is 422 g/mol. The lowest BCUT2D eigenvalue weighted by Crippen LogP contribution is -2.33. The van der Waals surface area contributed by atoms with Crippen molar-refractivity contribution in [1.82, 2.24) is 4.90 Å². The van der Waals surface area contributed by atoms with Gasteiger partial charge in [0.25, 0.3) is 0 Å². The van der Waals surface area contributed by atoms with Crippen molar-refractivity contribution in [1.29, 1.82) is 0 Å². The number of halogens is 2. The third-order valence-corrected chi connectivity index (χ3v) is 4.43. The summed E-state index contributed by atoms with van der Waals surface area (Å²) in [5, 5.41) is 21.8. The van der Waals surface area contributed by atoms with E-state index in [1.54, 1.807) is 4.90 Å². The Balaban J connectivity index is 1.49. The minimum Gasteiger partial charge on any atom is -0.486 e. The van der Waals surface area contributed by atoms with Crippen LogP contribution in [0, 0.1) is 0 Å². The molecule has 0 spiro atoms. The van der Waals surface area contributed by atoms with Crippen LogP contribution in [0.25, 0.3) is 0 Å². The number of carboxylic acids is 1. The molecule has 0 bridgehead atoms. The van der Waals surface area contributed by atoms with Crippen molar-refractivity contribution in [3.8, 4) is 11.5 Å². The van der Waals surface area contributed by atoms with Crippen molar-refractivity contribution >= 4 is 17.6 Å². The second kappa shape index (κ2) is 9.51. The maximum atomic E-state index is 12.2. The minimum atomic E-state index is -2.92. The van der Waals surface area contributed by atoms with E-state index in [-0.39, 0.29) is 30.3 Å². The molecule has 10 heteroatoms. The number of amides is 1. The minimum absolute atomic E-state index is 0.00412. The Hall–Kier alpha value is -3.24. The largest absolute Gasteiger partial charge is 0.486 e. The molecule has 2 atom stereocenters. The highest BCUT2D eigenvalue weighted by atomic mass is 19.3. The van der Waals surface area contributed by atoms with E-state index in [1.807, 2.05) is 0 Å². The number of benzene rings is 2. The first-order chi connectivity index (χ1) is 14.3. The molecule has 1 saturated heterocycles. The van der Waals surface area contributed by atoms with Crippen LogP contribution in [0.1, 0.15) is 10.4 Å². The number of nitrogens with one attached hydrogen (secondary N) is 1. The van der Waals surface area contributed by atoms with Crippen LogP contribution in [0.2, 0.25) is 0 Å². The number of carbonyl (C=O) groups is 2. The first-order valence-electron chi connectivity index (χ1n) is 9.05.